The molecule has 4 heteroatoms. The van der Waals surface area contributed by atoms with E-state index in [0.717, 1.165) is 22.0 Å². The first-order valence-corrected chi connectivity index (χ1v) is 6.67. The summed E-state index contributed by atoms with van der Waals surface area (Å²) in [6, 6.07) is 3.38. The molecule has 1 aromatic carbocycles. The van der Waals surface area contributed by atoms with Gasteiger partial charge in [-0.15, -0.1) is 0 Å². The molecule has 0 aliphatic heterocycles. The van der Waals surface area contributed by atoms with Gasteiger partial charge in [-0.25, -0.2) is 4.79 Å². The Labute approximate surface area is 118 Å². The number of aromatic carboxylic acids is 1. The summed E-state index contributed by atoms with van der Waals surface area (Å²) in [6.45, 7) is 7.87. The summed E-state index contributed by atoms with van der Waals surface area (Å²) in [5.74, 6) is -0.946. The maximum atomic E-state index is 11.3. The van der Waals surface area contributed by atoms with Gasteiger partial charge in [-0.2, -0.15) is 0 Å². The molecule has 4 nitrogen and oxygen atoms in total. The Morgan fingerprint density at radius 3 is 2.35 bits per heavy atom. The summed E-state index contributed by atoms with van der Waals surface area (Å²) >= 11 is 0. The number of hydrogen-bond acceptors (Lipinski definition) is 2. The zero-order chi connectivity index (χ0) is 15.2. The van der Waals surface area contributed by atoms with E-state index in [1.807, 2.05) is 17.8 Å². The second kappa shape index (κ2) is 4.63. The first-order chi connectivity index (χ1) is 9.12. The average Bonchev–Trinajstić information content (AvgIpc) is 2.64. The number of rotatable bonds is 2. The number of carbonyl (C=O) groups is 1. The van der Waals surface area contributed by atoms with Crippen LogP contribution in [0.4, 0.5) is 0 Å². The Morgan fingerprint density at radius 2 is 1.90 bits per heavy atom. The lowest BCUT2D eigenvalue weighted by atomic mass is 9.84. The van der Waals surface area contributed by atoms with E-state index in [-0.39, 0.29) is 11.0 Å². The highest BCUT2D eigenvalue weighted by Gasteiger charge is 2.23. The first kappa shape index (κ1) is 14.6. The van der Waals surface area contributed by atoms with E-state index >= 15 is 0 Å². The number of fused-ring (bicyclic) bond motifs is 1. The van der Waals surface area contributed by atoms with Crippen LogP contribution in [-0.2, 0) is 12.5 Å². The quantitative estimate of drug-likeness (QED) is 0.884. The Morgan fingerprint density at radius 1 is 1.30 bits per heavy atom. The average molecular weight is 275 g/mol. The molecule has 1 heterocycles. The van der Waals surface area contributed by atoms with Gasteiger partial charge in [-0.3, -0.25) is 0 Å². The minimum absolute atomic E-state index is 0.175. The molecule has 0 spiro atoms. The van der Waals surface area contributed by atoms with E-state index in [0.29, 0.717) is 0 Å². The van der Waals surface area contributed by atoms with Gasteiger partial charge in [0, 0.05) is 24.2 Å². The normalized spacial score (nSPS) is 13.7. The van der Waals surface area contributed by atoms with Crippen molar-refractivity contribution in [1.29, 1.82) is 0 Å². The van der Waals surface area contributed by atoms with Crippen LogP contribution in [0.2, 0.25) is 0 Å². The SMILES string of the molecule is CC(O)c1cn(C)c2c(C(C)(C)C)cc(C(=O)O)cc12. The van der Waals surface area contributed by atoms with Gasteiger partial charge in [0.15, 0.2) is 0 Å². The van der Waals surface area contributed by atoms with E-state index in [1.54, 1.807) is 19.1 Å². The molecule has 2 rings (SSSR count). The van der Waals surface area contributed by atoms with Crippen molar-refractivity contribution in [3.8, 4) is 0 Å². The van der Waals surface area contributed by atoms with Crippen molar-refractivity contribution in [2.45, 2.75) is 39.2 Å². The molecule has 0 aliphatic rings. The van der Waals surface area contributed by atoms with Crippen LogP contribution in [0.15, 0.2) is 18.3 Å². The van der Waals surface area contributed by atoms with E-state index < -0.39 is 12.1 Å². The highest BCUT2D eigenvalue weighted by atomic mass is 16.4. The molecule has 1 atom stereocenters. The van der Waals surface area contributed by atoms with Crippen molar-refractivity contribution in [2.75, 3.05) is 0 Å². The van der Waals surface area contributed by atoms with E-state index in [2.05, 4.69) is 20.8 Å². The summed E-state index contributed by atoms with van der Waals surface area (Å²) in [5, 5.41) is 20.0. The molecule has 0 aliphatic carbocycles. The summed E-state index contributed by atoms with van der Waals surface area (Å²) in [5.41, 5.74) is 2.80. The molecule has 1 aromatic heterocycles. The predicted molar refractivity (Wildman–Crippen MR) is 79.2 cm³/mol. The lowest BCUT2D eigenvalue weighted by Gasteiger charge is -2.22. The fraction of sp³-hybridized carbons (Fsp3) is 0.438. The van der Waals surface area contributed by atoms with E-state index in [4.69, 9.17) is 0 Å². The number of aliphatic hydroxyl groups is 1. The number of aromatic nitrogens is 1. The van der Waals surface area contributed by atoms with Gasteiger partial charge in [0.05, 0.1) is 17.2 Å². The molecule has 0 radical (unpaired) electrons. The molecule has 0 saturated carbocycles. The maximum Gasteiger partial charge on any atom is 0.335 e. The topological polar surface area (TPSA) is 62.5 Å². The fourth-order valence-electron chi connectivity index (χ4n) is 2.61. The standard InChI is InChI=1S/C16H21NO3/c1-9(18)12-8-17(5)14-11(12)6-10(15(19)20)7-13(14)16(2,3)4/h6-9,18H,1-5H3,(H,19,20). The van der Waals surface area contributed by atoms with Gasteiger partial charge in [0.1, 0.15) is 0 Å². The number of hydrogen-bond donors (Lipinski definition) is 2. The summed E-state index contributed by atoms with van der Waals surface area (Å²) < 4.78 is 1.96. The van der Waals surface area contributed by atoms with E-state index in [1.165, 1.54) is 0 Å². The van der Waals surface area contributed by atoms with Gasteiger partial charge in [-0.1, -0.05) is 20.8 Å². The number of aliphatic hydroxyl groups excluding tert-OH is 1. The van der Waals surface area contributed by atoms with Crippen LogP contribution in [0.25, 0.3) is 10.9 Å². The molecule has 20 heavy (non-hydrogen) atoms. The Bertz CT molecular complexity index is 675. The molecular weight excluding hydrogens is 254 g/mol. The Balaban J connectivity index is 2.94. The van der Waals surface area contributed by atoms with Crippen LogP contribution in [0.5, 0.6) is 0 Å². The third kappa shape index (κ3) is 2.31. The van der Waals surface area contributed by atoms with Gasteiger partial charge in [0.2, 0.25) is 0 Å². The van der Waals surface area contributed by atoms with Crippen molar-refractivity contribution < 1.29 is 15.0 Å². The summed E-state index contributed by atoms with van der Waals surface area (Å²) in [4.78, 5) is 11.3. The van der Waals surface area contributed by atoms with E-state index in [9.17, 15) is 15.0 Å². The summed E-state index contributed by atoms with van der Waals surface area (Å²) in [7, 11) is 1.92. The van der Waals surface area contributed by atoms with Crippen LogP contribution in [0.1, 0.15) is 55.3 Å². The van der Waals surface area contributed by atoms with Gasteiger partial charge in [-0.05, 0) is 30.0 Å². The molecule has 2 aromatic rings. The molecule has 0 fully saturated rings. The minimum atomic E-state index is -0.946. The molecule has 108 valence electrons. The number of benzene rings is 1. The van der Waals surface area contributed by atoms with Crippen molar-refractivity contribution in [3.05, 3.63) is 35.0 Å². The highest BCUT2D eigenvalue weighted by molar-refractivity contribution is 5.97. The first-order valence-electron chi connectivity index (χ1n) is 6.67. The van der Waals surface area contributed by atoms with Gasteiger partial charge in [0.25, 0.3) is 0 Å². The number of nitrogens with zero attached hydrogens (tertiary/aromatic N) is 1. The number of carboxylic acids is 1. The lowest BCUT2D eigenvalue weighted by molar-refractivity contribution is 0.0697. The van der Waals surface area contributed by atoms with Crippen molar-refractivity contribution in [3.63, 3.8) is 0 Å². The fourth-order valence-corrected chi connectivity index (χ4v) is 2.61. The maximum absolute atomic E-state index is 11.3. The monoisotopic (exact) mass is 275 g/mol. The molecule has 0 amide bonds. The van der Waals surface area contributed by atoms with Crippen molar-refractivity contribution >= 4 is 16.9 Å². The van der Waals surface area contributed by atoms with Gasteiger partial charge >= 0.3 is 5.97 Å². The molecule has 0 saturated heterocycles. The second-order valence-corrected chi connectivity index (χ2v) is 6.35. The Hall–Kier alpha value is -1.81. The van der Waals surface area contributed by atoms with Crippen LogP contribution >= 0.6 is 0 Å². The van der Waals surface area contributed by atoms with Crippen LogP contribution in [-0.4, -0.2) is 20.7 Å². The lowest BCUT2D eigenvalue weighted by Crippen LogP contribution is -2.14. The number of carboxylic acid groups (broad SMARTS) is 1. The third-order valence-corrected chi connectivity index (χ3v) is 3.61. The largest absolute Gasteiger partial charge is 0.478 e. The predicted octanol–water partition coefficient (Wildman–Crippen LogP) is 3.23. The second-order valence-electron chi connectivity index (χ2n) is 6.35. The van der Waals surface area contributed by atoms with Crippen LogP contribution < -0.4 is 0 Å². The van der Waals surface area contributed by atoms with Crippen LogP contribution in [0, 0.1) is 0 Å². The molecular formula is C16H21NO3. The highest BCUT2D eigenvalue weighted by Crippen LogP contribution is 2.35. The van der Waals surface area contributed by atoms with Crippen molar-refractivity contribution in [1.82, 2.24) is 4.57 Å². The smallest absolute Gasteiger partial charge is 0.335 e. The summed E-state index contributed by atoms with van der Waals surface area (Å²) in [6.07, 6.45) is 1.24. The molecule has 1 unspecified atom stereocenters. The van der Waals surface area contributed by atoms with Crippen LogP contribution in [0.3, 0.4) is 0 Å². The third-order valence-electron chi connectivity index (χ3n) is 3.61. The van der Waals surface area contributed by atoms with Gasteiger partial charge < -0.3 is 14.8 Å². The number of aryl methyl sites for hydroxylation is 1. The molecule has 2 N–H and O–H groups in total. The zero-order valence-corrected chi connectivity index (χ0v) is 12.6. The molecule has 0 bridgehead atoms. The van der Waals surface area contributed by atoms with Crippen molar-refractivity contribution in [2.24, 2.45) is 7.05 Å². The Kier molecular flexibility index (Phi) is 3.38. The zero-order valence-electron chi connectivity index (χ0n) is 12.6. The minimum Gasteiger partial charge on any atom is -0.478 e.